The summed E-state index contributed by atoms with van der Waals surface area (Å²) in [6, 6.07) is 7.81. The third kappa shape index (κ3) is 4.03. The molecule has 1 aromatic carbocycles. The predicted molar refractivity (Wildman–Crippen MR) is 72.8 cm³/mol. The third-order valence-electron chi connectivity index (χ3n) is 3.26. The lowest BCUT2D eigenvalue weighted by Gasteiger charge is -2.28. The molecule has 0 bridgehead atoms. The van der Waals surface area contributed by atoms with E-state index in [2.05, 4.69) is 18.3 Å². The number of nitrogens with zero attached hydrogens (tertiary/aromatic N) is 1. The maximum Gasteiger partial charge on any atom is 0.0991 e. The van der Waals surface area contributed by atoms with Crippen molar-refractivity contribution in [3.8, 4) is 6.07 Å². The summed E-state index contributed by atoms with van der Waals surface area (Å²) < 4.78 is 11.5. The van der Waals surface area contributed by atoms with E-state index in [1.165, 1.54) is 0 Å². The minimum Gasteiger partial charge on any atom is -0.374 e. The maximum atomic E-state index is 8.82. The van der Waals surface area contributed by atoms with Gasteiger partial charge >= 0.3 is 0 Å². The molecule has 1 aliphatic heterocycles. The predicted octanol–water partition coefficient (Wildman–Crippen LogP) is 1.76. The molecule has 1 aliphatic rings. The average Bonchev–Trinajstić information content (AvgIpc) is 2.40. The lowest BCUT2D eigenvalue weighted by molar-refractivity contribution is -0.0716. The summed E-state index contributed by atoms with van der Waals surface area (Å²) in [7, 11) is 0. The molecule has 0 aromatic heterocycles. The summed E-state index contributed by atoms with van der Waals surface area (Å²) in [6.45, 7) is 6.97. The van der Waals surface area contributed by atoms with Crippen molar-refractivity contribution in [2.75, 3.05) is 19.7 Å². The summed E-state index contributed by atoms with van der Waals surface area (Å²) in [6.07, 6.45) is 0.376. The molecule has 0 radical (unpaired) electrons. The van der Waals surface area contributed by atoms with Crippen LogP contribution in [0.2, 0.25) is 0 Å². The van der Waals surface area contributed by atoms with Crippen molar-refractivity contribution in [3.63, 3.8) is 0 Å². The van der Waals surface area contributed by atoms with Gasteiger partial charge < -0.3 is 14.8 Å². The number of morpholine rings is 1. The summed E-state index contributed by atoms with van der Waals surface area (Å²) in [5.74, 6) is 0. The standard InChI is InChI=1S/C15H20N2O2/c1-11-5-13(6-16)3-4-14(11)9-18-10-15-8-17-7-12(2)19-15/h3-5,12,15,17H,7-10H2,1-2H3. The molecule has 0 aliphatic carbocycles. The summed E-state index contributed by atoms with van der Waals surface area (Å²) in [5, 5.41) is 12.1. The van der Waals surface area contributed by atoms with Crippen molar-refractivity contribution in [2.45, 2.75) is 32.7 Å². The van der Waals surface area contributed by atoms with E-state index in [1.54, 1.807) is 0 Å². The first-order valence-corrected chi connectivity index (χ1v) is 6.62. The number of nitrogens with one attached hydrogen (secondary N) is 1. The summed E-state index contributed by atoms with van der Waals surface area (Å²) in [4.78, 5) is 0. The number of hydrogen-bond acceptors (Lipinski definition) is 4. The fourth-order valence-electron chi connectivity index (χ4n) is 2.20. The van der Waals surface area contributed by atoms with E-state index >= 15 is 0 Å². The van der Waals surface area contributed by atoms with Crippen molar-refractivity contribution >= 4 is 0 Å². The highest BCUT2D eigenvalue weighted by molar-refractivity contribution is 5.37. The minimum absolute atomic E-state index is 0.127. The molecule has 0 saturated carbocycles. The van der Waals surface area contributed by atoms with Gasteiger partial charge in [0.05, 0.1) is 37.1 Å². The van der Waals surface area contributed by atoms with Gasteiger partial charge in [0.1, 0.15) is 0 Å². The second-order valence-corrected chi connectivity index (χ2v) is 5.00. The van der Waals surface area contributed by atoms with Crippen LogP contribution in [0.15, 0.2) is 18.2 Å². The molecule has 1 N–H and O–H groups in total. The molecular formula is C15H20N2O2. The van der Waals surface area contributed by atoms with Crippen LogP contribution in [-0.4, -0.2) is 31.9 Å². The molecule has 4 heteroatoms. The Balaban J connectivity index is 1.81. The normalized spacial score (nSPS) is 23.0. The molecule has 19 heavy (non-hydrogen) atoms. The van der Waals surface area contributed by atoms with Crippen LogP contribution in [0.4, 0.5) is 0 Å². The first-order valence-electron chi connectivity index (χ1n) is 6.62. The second-order valence-electron chi connectivity index (χ2n) is 5.00. The van der Waals surface area contributed by atoms with Gasteiger partial charge in [-0.05, 0) is 37.1 Å². The van der Waals surface area contributed by atoms with Gasteiger partial charge in [-0.25, -0.2) is 0 Å². The molecule has 2 unspecified atom stereocenters. The number of aryl methyl sites for hydroxylation is 1. The van der Waals surface area contributed by atoms with Gasteiger partial charge in [-0.1, -0.05) is 6.07 Å². The summed E-state index contributed by atoms with van der Waals surface area (Å²) >= 11 is 0. The minimum atomic E-state index is 0.127. The molecule has 0 spiro atoms. The zero-order chi connectivity index (χ0) is 13.7. The Kier molecular flexibility index (Phi) is 4.92. The largest absolute Gasteiger partial charge is 0.374 e. The first-order chi connectivity index (χ1) is 9.19. The molecule has 4 nitrogen and oxygen atoms in total. The lowest BCUT2D eigenvalue weighted by Crippen LogP contribution is -2.45. The van der Waals surface area contributed by atoms with Crippen LogP contribution in [0.25, 0.3) is 0 Å². The maximum absolute atomic E-state index is 8.82. The van der Waals surface area contributed by atoms with E-state index in [9.17, 15) is 0 Å². The topological polar surface area (TPSA) is 54.3 Å². The van der Waals surface area contributed by atoms with Gasteiger partial charge in [0.25, 0.3) is 0 Å². The Hall–Kier alpha value is -1.41. The van der Waals surface area contributed by atoms with Crippen molar-refractivity contribution in [1.82, 2.24) is 5.32 Å². The molecule has 1 saturated heterocycles. The number of nitriles is 1. The van der Waals surface area contributed by atoms with Crippen LogP contribution in [0.3, 0.4) is 0 Å². The monoisotopic (exact) mass is 260 g/mol. The molecule has 1 aromatic rings. The Morgan fingerprint density at radius 3 is 3.00 bits per heavy atom. The highest BCUT2D eigenvalue weighted by atomic mass is 16.5. The molecule has 1 fully saturated rings. The Labute approximate surface area is 114 Å². The van der Waals surface area contributed by atoms with Gasteiger partial charge in [0.2, 0.25) is 0 Å². The van der Waals surface area contributed by atoms with E-state index < -0.39 is 0 Å². The smallest absolute Gasteiger partial charge is 0.0991 e. The highest BCUT2D eigenvalue weighted by Crippen LogP contribution is 2.12. The van der Waals surface area contributed by atoms with Gasteiger partial charge in [-0.2, -0.15) is 5.26 Å². The fraction of sp³-hybridized carbons (Fsp3) is 0.533. The van der Waals surface area contributed by atoms with E-state index in [1.807, 2.05) is 25.1 Å². The fourth-order valence-corrected chi connectivity index (χ4v) is 2.20. The number of ether oxygens (including phenoxy) is 2. The van der Waals surface area contributed by atoms with Gasteiger partial charge in [-0.3, -0.25) is 0 Å². The molecule has 0 amide bonds. The van der Waals surface area contributed by atoms with Crippen molar-refractivity contribution in [2.24, 2.45) is 0 Å². The SMILES string of the molecule is Cc1cc(C#N)ccc1COCC1CNCC(C)O1. The molecule has 2 atom stereocenters. The van der Waals surface area contributed by atoms with E-state index in [0.717, 1.165) is 24.2 Å². The molecule has 2 rings (SSSR count). The third-order valence-corrected chi connectivity index (χ3v) is 3.26. The molecule has 1 heterocycles. The number of benzene rings is 1. The van der Waals surface area contributed by atoms with E-state index in [0.29, 0.717) is 18.8 Å². The van der Waals surface area contributed by atoms with Crippen LogP contribution in [-0.2, 0) is 16.1 Å². The molecular weight excluding hydrogens is 240 g/mol. The van der Waals surface area contributed by atoms with Crippen LogP contribution < -0.4 is 5.32 Å². The first kappa shape index (κ1) is 14.0. The van der Waals surface area contributed by atoms with E-state index in [4.69, 9.17) is 14.7 Å². The van der Waals surface area contributed by atoms with Crippen molar-refractivity contribution < 1.29 is 9.47 Å². The Bertz CT molecular complexity index is 468. The zero-order valence-electron chi connectivity index (χ0n) is 11.5. The van der Waals surface area contributed by atoms with Gasteiger partial charge in [0.15, 0.2) is 0 Å². The molecule has 102 valence electrons. The van der Waals surface area contributed by atoms with Crippen molar-refractivity contribution in [1.29, 1.82) is 5.26 Å². The van der Waals surface area contributed by atoms with Gasteiger partial charge in [-0.15, -0.1) is 0 Å². The number of hydrogen-bond donors (Lipinski definition) is 1. The number of rotatable bonds is 4. The van der Waals surface area contributed by atoms with E-state index in [-0.39, 0.29) is 12.2 Å². The lowest BCUT2D eigenvalue weighted by atomic mass is 10.1. The summed E-state index contributed by atoms with van der Waals surface area (Å²) in [5.41, 5.74) is 2.90. The van der Waals surface area contributed by atoms with Gasteiger partial charge in [0, 0.05) is 13.1 Å². The average molecular weight is 260 g/mol. The quantitative estimate of drug-likeness (QED) is 0.896. The Morgan fingerprint density at radius 2 is 2.32 bits per heavy atom. The van der Waals surface area contributed by atoms with Crippen LogP contribution >= 0.6 is 0 Å². The highest BCUT2D eigenvalue weighted by Gasteiger charge is 2.18. The Morgan fingerprint density at radius 1 is 1.47 bits per heavy atom. The van der Waals surface area contributed by atoms with Crippen LogP contribution in [0.5, 0.6) is 0 Å². The van der Waals surface area contributed by atoms with Crippen molar-refractivity contribution in [3.05, 3.63) is 34.9 Å². The van der Waals surface area contributed by atoms with Crippen LogP contribution in [0.1, 0.15) is 23.6 Å². The second kappa shape index (κ2) is 6.67. The van der Waals surface area contributed by atoms with Crippen LogP contribution in [0, 0.1) is 18.3 Å². The zero-order valence-corrected chi connectivity index (χ0v) is 11.5.